The Balaban J connectivity index is 1.87. The molecule has 15 heavy (non-hydrogen) atoms. The first kappa shape index (κ1) is 8.71. The molecule has 0 saturated carbocycles. The van der Waals surface area contributed by atoms with Crippen LogP contribution < -0.4 is 10.2 Å². The lowest BCUT2D eigenvalue weighted by molar-refractivity contribution is -0.119. The summed E-state index contributed by atoms with van der Waals surface area (Å²) < 4.78 is 0. The summed E-state index contributed by atoms with van der Waals surface area (Å²) >= 11 is 0. The molecule has 0 aromatic carbocycles. The van der Waals surface area contributed by atoms with Crippen molar-refractivity contribution in [2.24, 2.45) is 0 Å². The molecule has 1 amide bonds. The quantitative estimate of drug-likeness (QED) is 0.725. The first-order chi connectivity index (χ1) is 7.34. The van der Waals surface area contributed by atoms with Gasteiger partial charge in [0.25, 0.3) is 0 Å². The minimum atomic E-state index is 0.172. The van der Waals surface area contributed by atoms with Crippen molar-refractivity contribution in [3.63, 3.8) is 0 Å². The molecule has 78 valence electrons. The maximum absolute atomic E-state index is 11.3. The zero-order valence-corrected chi connectivity index (χ0v) is 8.39. The average Bonchev–Trinajstić information content (AvgIpc) is 2.77. The van der Waals surface area contributed by atoms with Gasteiger partial charge in [-0.15, -0.1) is 0 Å². The van der Waals surface area contributed by atoms with Crippen molar-refractivity contribution in [2.45, 2.75) is 24.9 Å². The zero-order valence-electron chi connectivity index (χ0n) is 8.39. The summed E-state index contributed by atoms with van der Waals surface area (Å²) in [6.45, 7) is 0.993. The fourth-order valence-electron chi connectivity index (χ4n) is 2.54. The number of amides is 1. The molecule has 1 aromatic heterocycles. The van der Waals surface area contributed by atoms with Gasteiger partial charge in [-0.1, -0.05) is 6.07 Å². The van der Waals surface area contributed by atoms with Gasteiger partial charge in [0.15, 0.2) is 0 Å². The van der Waals surface area contributed by atoms with Crippen LogP contribution in [0.5, 0.6) is 0 Å². The zero-order chi connectivity index (χ0) is 10.3. The van der Waals surface area contributed by atoms with Crippen LogP contribution in [0.2, 0.25) is 0 Å². The van der Waals surface area contributed by atoms with Crippen molar-refractivity contribution in [2.75, 3.05) is 11.4 Å². The van der Waals surface area contributed by atoms with Crippen LogP contribution in [0.3, 0.4) is 0 Å². The van der Waals surface area contributed by atoms with Gasteiger partial charge >= 0.3 is 0 Å². The van der Waals surface area contributed by atoms with Gasteiger partial charge in [-0.3, -0.25) is 4.79 Å². The number of hydrogen-bond donors (Lipinski definition) is 1. The summed E-state index contributed by atoms with van der Waals surface area (Å²) in [5, 5.41) is 3.01. The molecule has 1 aromatic rings. The largest absolute Gasteiger partial charge is 0.351 e. The fourth-order valence-corrected chi connectivity index (χ4v) is 2.54. The van der Waals surface area contributed by atoms with Crippen molar-refractivity contribution in [1.29, 1.82) is 0 Å². The van der Waals surface area contributed by atoms with E-state index in [2.05, 4.69) is 15.2 Å². The molecule has 2 atom stereocenters. The van der Waals surface area contributed by atoms with Crippen molar-refractivity contribution in [3.05, 3.63) is 24.4 Å². The number of nitrogens with one attached hydrogen (secondary N) is 1. The minimum absolute atomic E-state index is 0.172. The summed E-state index contributed by atoms with van der Waals surface area (Å²) in [6.07, 6.45) is 3.45. The summed E-state index contributed by atoms with van der Waals surface area (Å²) in [7, 11) is 0. The standard InChI is InChI=1S/C11H13N3O/c15-11-7-9-8(13-11)4-6-14(9)10-3-1-2-5-12-10/h1-3,5,8-9H,4,6-7H2,(H,13,15)/t8-,9+/m0/s1. The highest BCUT2D eigenvalue weighted by atomic mass is 16.2. The maximum Gasteiger partial charge on any atom is 0.222 e. The van der Waals surface area contributed by atoms with E-state index >= 15 is 0 Å². The number of nitrogens with zero attached hydrogens (tertiary/aromatic N) is 2. The number of rotatable bonds is 1. The van der Waals surface area contributed by atoms with Crippen LogP contribution in [0.15, 0.2) is 24.4 Å². The lowest BCUT2D eigenvalue weighted by Gasteiger charge is -2.23. The Hall–Kier alpha value is -1.58. The second kappa shape index (κ2) is 3.22. The number of aromatic nitrogens is 1. The van der Waals surface area contributed by atoms with E-state index < -0.39 is 0 Å². The first-order valence-corrected chi connectivity index (χ1v) is 5.31. The Morgan fingerprint density at radius 2 is 2.40 bits per heavy atom. The Morgan fingerprint density at radius 3 is 3.20 bits per heavy atom. The Morgan fingerprint density at radius 1 is 1.47 bits per heavy atom. The van der Waals surface area contributed by atoms with Gasteiger partial charge in [0.2, 0.25) is 5.91 Å². The van der Waals surface area contributed by atoms with Crippen LogP contribution in [0, 0.1) is 0 Å². The number of anilines is 1. The van der Waals surface area contributed by atoms with Crippen LogP contribution in [-0.4, -0.2) is 29.5 Å². The summed E-state index contributed by atoms with van der Waals surface area (Å²) in [5.74, 6) is 1.16. The lowest BCUT2D eigenvalue weighted by Crippen LogP contribution is -2.34. The molecule has 0 unspecified atom stereocenters. The molecule has 3 heterocycles. The van der Waals surface area contributed by atoms with E-state index in [1.165, 1.54) is 0 Å². The predicted molar refractivity (Wildman–Crippen MR) is 56.5 cm³/mol. The molecule has 4 heteroatoms. The average molecular weight is 203 g/mol. The highest BCUT2D eigenvalue weighted by Crippen LogP contribution is 2.29. The van der Waals surface area contributed by atoms with Gasteiger partial charge in [-0.25, -0.2) is 4.98 Å². The molecule has 4 nitrogen and oxygen atoms in total. The van der Waals surface area contributed by atoms with E-state index in [9.17, 15) is 4.79 Å². The Kier molecular flexibility index (Phi) is 1.87. The monoisotopic (exact) mass is 203 g/mol. The maximum atomic E-state index is 11.3. The summed E-state index contributed by atoms with van der Waals surface area (Å²) in [4.78, 5) is 17.8. The fraction of sp³-hybridized carbons (Fsp3) is 0.455. The summed E-state index contributed by atoms with van der Waals surface area (Å²) in [5.41, 5.74) is 0. The molecular weight excluding hydrogens is 190 g/mol. The predicted octanol–water partition coefficient (Wildman–Crippen LogP) is 0.549. The third kappa shape index (κ3) is 1.37. The highest BCUT2D eigenvalue weighted by molar-refractivity contribution is 5.81. The van der Waals surface area contributed by atoms with E-state index in [0.29, 0.717) is 18.5 Å². The van der Waals surface area contributed by atoms with E-state index in [1.54, 1.807) is 6.20 Å². The number of pyridine rings is 1. The van der Waals surface area contributed by atoms with E-state index in [1.807, 2.05) is 18.2 Å². The van der Waals surface area contributed by atoms with Crippen molar-refractivity contribution in [1.82, 2.24) is 10.3 Å². The minimum Gasteiger partial charge on any atom is -0.351 e. The van der Waals surface area contributed by atoms with Gasteiger partial charge in [0, 0.05) is 19.2 Å². The Labute approximate surface area is 88.3 Å². The smallest absolute Gasteiger partial charge is 0.222 e. The lowest BCUT2D eigenvalue weighted by atomic mass is 10.1. The SMILES string of the molecule is O=C1C[C@@H]2[C@H](CCN2c2ccccn2)N1. The molecule has 2 aliphatic rings. The van der Waals surface area contributed by atoms with Crippen LogP contribution in [0.4, 0.5) is 5.82 Å². The van der Waals surface area contributed by atoms with E-state index in [0.717, 1.165) is 18.8 Å². The summed E-state index contributed by atoms with van der Waals surface area (Å²) in [6, 6.07) is 6.55. The molecule has 0 radical (unpaired) electrons. The molecule has 0 bridgehead atoms. The van der Waals surface area contributed by atoms with E-state index in [-0.39, 0.29) is 5.91 Å². The number of hydrogen-bond acceptors (Lipinski definition) is 3. The molecule has 1 N–H and O–H groups in total. The van der Waals surface area contributed by atoms with Crippen LogP contribution in [0.1, 0.15) is 12.8 Å². The van der Waals surface area contributed by atoms with Crippen LogP contribution >= 0.6 is 0 Å². The van der Waals surface area contributed by atoms with Crippen molar-refractivity contribution < 1.29 is 4.79 Å². The molecule has 2 aliphatic heterocycles. The first-order valence-electron chi connectivity index (χ1n) is 5.31. The number of carbonyl (C=O) groups excluding carboxylic acids is 1. The molecule has 2 saturated heterocycles. The van der Waals surface area contributed by atoms with Crippen molar-refractivity contribution >= 4 is 11.7 Å². The highest BCUT2D eigenvalue weighted by Gasteiger charge is 2.41. The van der Waals surface area contributed by atoms with Gasteiger partial charge in [-0.2, -0.15) is 0 Å². The molecule has 3 rings (SSSR count). The number of fused-ring (bicyclic) bond motifs is 1. The molecular formula is C11H13N3O. The van der Waals surface area contributed by atoms with Gasteiger partial charge in [0.05, 0.1) is 12.1 Å². The van der Waals surface area contributed by atoms with Crippen molar-refractivity contribution in [3.8, 4) is 0 Å². The van der Waals surface area contributed by atoms with Gasteiger partial charge < -0.3 is 10.2 Å². The topological polar surface area (TPSA) is 45.2 Å². The van der Waals surface area contributed by atoms with E-state index in [4.69, 9.17) is 0 Å². The normalized spacial score (nSPS) is 29.1. The third-order valence-corrected chi connectivity index (χ3v) is 3.23. The Bertz CT molecular complexity index is 379. The second-order valence-corrected chi connectivity index (χ2v) is 4.12. The van der Waals surface area contributed by atoms with Crippen LogP contribution in [0.25, 0.3) is 0 Å². The van der Waals surface area contributed by atoms with Gasteiger partial charge in [0.1, 0.15) is 5.82 Å². The molecule has 0 spiro atoms. The van der Waals surface area contributed by atoms with Gasteiger partial charge in [-0.05, 0) is 18.6 Å². The number of carbonyl (C=O) groups is 1. The molecule has 2 fully saturated rings. The third-order valence-electron chi connectivity index (χ3n) is 3.23. The molecule has 0 aliphatic carbocycles. The second-order valence-electron chi connectivity index (χ2n) is 4.12. The van der Waals surface area contributed by atoms with Crippen LogP contribution in [-0.2, 0) is 4.79 Å².